The van der Waals surface area contributed by atoms with Crippen molar-refractivity contribution >= 4 is 21.0 Å². The summed E-state index contributed by atoms with van der Waals surface area (Å²) < 4.78 is 89.1. The van der Waals surface area contributed by atoms with Crippen molar-refractivity contribution in [1.29, 1.82) is 0 Å². The van der Waals surface area contributed by atoms with E-state index in [-0.39, 0.29) is 11.5 Å². The average Bonchev–Trinajstić information content (AvgIpc) is 3.04. The zero-order valence-electron chi connectivity index (χ0n) is 23.6. The van der Waals surface area contributed by atoms with Crippen LogP contribution in [0.25, 0.3) is 11.1 Å². The molecule has 1 aliphatic rings. The fourth-order valence-electron chi connectivity index (χ4n) is 5.47. The number of aromatic hydroxyl groups is 1. The summed E-state index contributed by atoms with van der Waals surface area (Å²) in [5.74, 6) is -1.53. The smallest absolute Gasteiger partial charge is 0.389 e. The van der Waals surface area contributed by atoms with Crippen LogP contribution in [0.4, 0.5) is 22.0 Å². The number of unbranched alkanes of at least 4 members (excludes halogenated alkanes) is 3. The summed E-state index contributed by atoms with van der Waals surface area (Å²) in [6, 6.07) is 9.01. The van der Waals surface area contributed by atoms with E-state index in [4.69, 9.17) is 0 Å². The minimum absolute atomic E-state index is 0.111. The Morgan fingerprint density at radius 3 is 2.27 bits per heavy atom. The Hall–Kier alpha value is -2.46. The first-order valence-corrected chi connectivity index (χ1v) is 16.1. The topological polar surface area (TPSA) is 57.6 Å². The van der Waals surface area contributed by atoms with Crippen molar-refractivity contribution in [2.24, 2.45) is 0 Å². The first-order chi connectivity index (χ1) is 19.3. The molecule has 0 saturated heterocycles. The van der Waals surface area contributed by atoms with Gasteiger partial charge in [0.2, 0.25) is 0 Å². The van der Waals surface area contributed by atoms with Crippen LogP contribution in [0, 0.1) is 11.6 Å². The number of alkyl halides is 3. The first-order valence-electron chi connectivity index (χ1n) is 14.3. The number of halogens is 5. The van der Waals surface area contributed by atoms with Crippen molar-refractivity contribution in [3.05, 3.63) is 64.7 Å². The van der Waals surface area contributed by atoms with Gasteiger partial charge in [-0.3, -0.25) is 0 Å². The number of aryl methyl sites for hydroxylation is 1. The van der Waals surface area contributed by atoms with E-state index in [2.05, 4.69) is 0 Å². The molecule has 1 aliphatic carbocycles. The predicted octanol–water partition coefficient (Wildman–Crippen LogP) is 7.95. The third-order valence-electron chi connectivity index (χ3n) is 7.53. The molecule has 41 heavy (non-hydrogen) atoms. The first kappa shape index (κ1) is 33.0. The molecular weight excluding hydrogens is 561 g/mol. The largest absolute Gasteiger partial charge is 0.508 e. The van der Waals surface area contributed by atoms with Crippen LogP contribution in [0.5, 0.6) is 5.75 Å². The second-order valence-electron chi connectivity index (χ2n) is 11.0. The Labute approximate surface area is 240 Å². The van der Waals surface area contributed by atoms with Gasteiger partial charge in [-0.05, 0) is 118 Å². The quantitative estimate of drug-likeness (QED) is 0.166. The lowest BCUT2D eigenvalue weighted by atomic mass is 9.88. The molecule has 0 amide bonds. The molecule has 4 nitrogen and oxygen atoms in total. The van der Waals surface area contributed by atoms with Crippen LogP contribution in [-0.4, -0.2) is 56.2 Å². The molecule has 0 radical (unpaired) electrons. The lowest BCUT2D eigenvalue weighted by Gasteiger charge is -2.18. The van der Waals surface area contributed by atoms with Crippen LogP contribution in [0.2, 0.25) is 0 Å². The highest BCUT2D eigenvalue weighted by molar-refractivity contribution is 7.91. The van der Waals surface area contributed by atoms with E-state index in [0.29, 0.717) is 24.9 Å². The summed E-state index contributed by atoms with van der Waals surface area (Å²) in [6.45, 7) is 1.34. The van der Waals surface area contributed by atoms with Gasteiger partial charge in [0.25, 0.3) is 0 Å². The fraction of sp³-hybridized carbons (Fsp3) is 0.548. The van der Waals surface area contributed by atoms with E-state index in [1.54, 1.807) is 12.1 Å². The molecule has 2 aromatic rings. The van der Waals surface area contributed by atoms with Crippen LogP contribution in [0.3, 0.4) is 0 Å². The van der Waals surface area contributed by atoms with Gasteiger partial charge in [-0.1, -0.05) is 18.9 Å². The third-order valence-corrected chi connectivity index (χ3v) is 9.36. The molecule has 1 N–H and O–H groups in total. The predicted molar refractivity (Wildman–Crippen MR) is 153 cm³/mol. The molecule has 0 fully saturated rings. The summed E-state index contributed by atoms with van der Waals surface area (Å²) in [5, 5.41) is 10.0. The summed E-state index contributed by atoms with van der Waals surface area (Å²) in [6.07, 6.45) is 1.22. The van der Waals surface area contributed by atoms with Crippen molar-refractivity contribution in [1.82, 2.24) is 4.90 Å². The molecule has 0 saturated carbocycles. The van der Waals surface area contributed by atoms with Gasteiger partial charge in [0.15, 0.2) is 0 Å². The van der Waals surface area contributed by atoms with Gasteiger partial charge in [-0.15, -0.1) is 0 Å². The SMILES string of the molecule is CN(CCCCCCC1=C(c2ccc(F)cc2F)CCCc2cc(O)ccc21)CCCS(=O)(=O)CCCC(F)(F)F. The number of allylic oxidation sites excluding steroid dienone is 2. The summed E-state index contributed by atoms with van der Waals surface area (Å²) in [4.78, 5) is 2.04. The van der Waals surface area contributed by atoms with Gasteiger partial charge < -0.3 is 10.0 Å². The lowest BCUT2D eigenvalue weighted by molar-refractivity contribution is -0.134. The minimum Gasteiger partial charge on any atom is -0.508 e. The Morgan fingerprint density at radius 2 is 1.54 bits per heavy atom. The van der Waals surface area contributed by atoms with Gasteiger partial charge in [0, 0.05) is 18.1 Å². The van der Waals surface area contributed by atoms with Gasteiger partial charge in [-0.25, -0.2) is 17.2 Å². The summed E-state index contributed by atoms with van der Waals surface area (Å²) in [5.41, 5.74) is 4.39. The number of benzene rings is 2. The standard InChI is InChI=1S/C31H40F5NO3S/c1-37(18-8-20-41(39,40)19-7-16-31(34,35)36)17-5-3-2-4-10-27-26-15-13-25(38)21-23(26)9-6-11-28(27)29-14-12-24(32)22-30(29)33/h12-15,21-22,38H,2-11,16-20H2,1H3. The average molecular weight is 602 g/mol. The number of hydrogen-bond donors (Lipinski definition) is 1. The van der Waals surface area contributed by atoms with E-state index < -0.39 is 46.2 Å². The fourth-order valence-corrected chi connectivity index (χ4v) is 6.82. The zero-order valence-corrected chi connectivity index (χ0v) is 24.4. The van der Waals surface area contributed by atoms with Crippen LogP contribution < -0.4 is 0 Å². The molecule has 0 atom stereocenters. The molecule has 3 rings (SSSR count). The highest BCUT2D eigenvalue weighted by atomic mass is 32.2. The van der Waals surface area contributed by atoms with Crippen molar-refractivity contribution in [3.8, 4) is 5.75 Å². The second-order valence-corrected chi connectivity index (χ2v) is 13.3. The highest BCUT2D eigenvalue weighted by Gasteiger charge is 2.27. The van der Waals surface area contributed by atoms with Crippen LogP contribution >= 0.6 is 0 Å². The number of fused-ring (bicyclic) bond motifs is 1. The zero-order chi connectivity index (χ0) is 30.0. The molecule has 10 heteroatoms. The van der Waals surface area contributed by atoms with Crippen LogP contribution in [0.1, 0.15) is 80.9 Å². The Balaban J connectivity index is 1.49. The van der Waals surface area contributed by atoms with Gasteiger partial charge in [-0.2, -0.15) is 13.2 Å². The van der Waals surface area contributed by atoms with Gasteiger partial charge >= 0.3 is 6.18 Å². The summed E-state index contributed by atoms with van der Waals surface area (Å²) in [7, 11) is -1.58. The molecule has 0 aromatic heterocycles. The second kappa shape index (κ2) is 15.1. The van der Waals surface area contributed by atoms with Crippen molar-refractivity contribution in [2.45, 2.75) is 76.8 Å². The minimum atomic E-state index is -4.33. The van der Waals surface area contributed by atoms with Gasteiger partial charge in [0.05, 0.1) is 11.5 Å². The number of rotatable bonds is 15. The van der Waals surface area contributed by atoms with Crippen molar-refractivity contribution in [2.75, 3.05) is 31.6 Å². The van der Waals surface area contributed by atoms with Crippen molar-refractivity contribution < 1.29 is 35.5 Å². The summed E-state index contributed by atoms with van der Waals surface area (Å²) >= 11 is 0. The van der Waals surface area contributed by atoms with E-state index >= 15 is 0 Å². The maximum atomic E-state index is 14.8. The van der Waals surface area contributed by atoms with Crippen LogP contribution in [-0.2, 0) is 16.3 Å². The van der Waals surface area contributed by atoms with E-state index in [1.165, 1.54) is 12.1 Å². The van der Waals surface area contributed by atoms with E-state index in [1.807, 2.05) is 18.0 Å². The number of phenols is 1. The molecular formula is C31H40F5NO3S. The Bertz CT molecular complexity index is 1290. The van der Waals surface area contributed by atoms with E-state index in [9.17, 15) is 35.5 Å². The maximum Gasteiger partial charge on any atom is 0.389 e. The number of phenolic OH excluding ortho intramolecular Hbond substituents is 1. The lowest BCUT2D eigenvalue weighted by Crippen LogP contribution is -2.24. The molecule has 0 aliphatic heterocycles. The Morgan fingerprint density at radius 1 is 0.854 bits per heavy atom. The molecule has 0 unspecified atom stereocenters. The van der Waals surface area contributed by atoms with E-state index in [0.717, 1.165) is 79.8 Å². The maximum absolute atomic E-state index is 14.8. The molecule has 0 spiro atoms. The third kappa shape index (κ3) is 11.0. The number of hydrogen-bond acceptors (Lipinski definition) is 4. The van der Waals surface area contributed by atoms with Crippen LogP contribution in [0.15, 0.2) is 36.4 Å². The molecule has 228 valence electrons. The van der Waals surface area contributed by atoms with Crippen molar-refractivity contribution in [3.63, 3.8) is 0 Å². The Kier molecular flexibility index (Phi) is 12.2. The normalized spacial score (nSPS) is 14.4. The monoisotopic (exact) mass is 601 g/mol. The highest BCUT2D eigenvalue weighted by Crippen LogP contribution is 2.40. The van der Waals surface area contributed by atoms with Gasteiger partial charge in [0.1, 0.15) is 27.2 Å². The number of nitrogens with zero attached hydrogens (tertiary/aromatic N) is 1. The molecule has 0 heterocycles. The molecule has 0 bridgehead atoms. The molecule has 2 aromatic carbocycles. The number of sulfone groups is 1.